The zero-order valence-corrected chi connectivity index (χ0v) is 21.6. The van der Waals surface area contributed by atoms with Gasteiger partial charge in [-0.25, -0.2) is 9.97 Å². The molecule has 0 atom stereocenters. The van der Waals surface area contributed by atoms with Crippen LogP contribution in [0.2, 0.25) is 10.3 Å². The molecule has 174 valence electrons. The van der Waals surface area contributed by atoms with Crippen LogP contribution >= 0.6 is 23.2 Å². The van der Waals surface area contributed by atoms with Gasteiger partial charge in [0.2, 0.25) is 12.2 Å². The highest BCUT2D eigenvalue weighted by molar-refractivity contribution is 6.33. The number of guanidine groups is 1. The third-order valence-corrected chi connectivity index (χ3v) is 6.01. The van der Waals surface area contributed by atoms with Crippen molar-refractivity contribution in [3.8, 4) is 6.19 Å². The lowest BCUT2D eigenvalue weighted by Crippen LogP contribution is -2.46. The molecule has 0 saturated carbocycles. The summed E-state index contributed by atoms with van der Waals surface area (Å²) in [7, 11) is 3.84. The molecule has 0 N–H and O–H groups in total. The molecule has 3 rings (SSSR count). The molecule has 3 aromatic rings. The van der Waals surface area contributed by atoms with Gasteiger partial charge < -0.3 is 14.4 Å². The van der Waals surface area contributed by atoms with Gasteiger partial charge in [-0.15, -0.1) is 4.99 Å². The molecule has 0 aliphatic heterocycles. The molecule has 7 nitrogen and oxygen atoms in total. The van der Waals surface area contributed by atoms with Crippen molar-refractivity contribution in [2.24, 2.45) is 12.0 Å². The van der Waals surface area contributed by atoms with Gasteiger partial charge in [0.15, 0.2) is 0 Å². The van der Waals surface area contributed by atoms with Crippen molar-refractivity contribution in [1.29, 1.82) is 5.26 Å². The zero-order valence-electron chi connectivity index (χ0n) is 20.1. The fraction of sp³-hybridized carbons (Fsp3) is 0.417. The van der Waals surface area contributed by atoms with Gasteiger partial charge in [-0.1, -0.05) is 37.0 Å². The van der Waals surface area contributed by atoms with Crippen LogP contribution in [-0.2, 0) is 13.6 Å². The molecule has 3 heterocycles. The van der Waals surface area contributed by atoms with Gasteiger partial charge in [0.05, 0.1) is 12.2 Å². The Hall–Kier alpha value is -2.82. The van der Waals surface area contributed by atoms with Crippen LogP contribution in [0.3, 0.4) is 0 Å². The predicted octanol–water partition coefficient (Wildman–Crippen LogP) is 5.89. The Morgan fingerprint density at radius 1 is 1.15 bits per heavy atom. The fourth-order valence-electron chi connectivity index (χ4n) is 4.01. The van der Waals surface area contributed by atoms with Crippen LogP contribution in [0.1, 0.15) is 50.4 Å². The lowest BCUT2D eigenvalue weighted by Gasteiger charge is -2.34. The van der Waals surface area contributed by atoms with E-state index in [-0.39, 0.29) is 16.3 Å². The number of aromatic nitrogens is 3. The Kier molecular flexibility index (Phi) is 7.51. The monoisotopic (exact) mass is 485 g/mol. The Morgan fingerprint density at radius 3 is 2.33 bits per heavy atom. The van der Waals surface area contributed by atoms with Gasteiger partial charge in [-0.3, -0.25) is 0 Å². The number of aliphatic imine (C=N–C) groups is 1. The van der Waals surface area contributed by atoms with Gasteiger partial charge in [0, 0.05) is 37.4 Å². The van der Waals surface area contributed by atoms with Crippen molar-refractivity contribution in [3.63, 3.8) is 0 Å². The first kappa shape index (κ1) is 24.8. The second-order valence-corrected chi connectivity index (χ2v) is 9.52. The number of anilines is 1. The summed E-state index contributed by atoms with van der Waals surface area (Å²) in [6.45, 7) is 11.1. The molecule has 3 aromatic heterocycles. The van der Waals surface area contributed by atoms with E-state index in [0.29, 0.717) is 24.1 Å². The summed E-state index contributed by atoms with van der Waals surface area (Å²) in [4.78, 5) is 17.0. The number of hydrogen-bond donors (Lipinski definition) is 0. The molecule has 0 unspecified atom stereocenters. The van der Waals surface area contributed by atoms with Crippen molar-refractivity contribution in [1.82, 2.24) is 19.4 Å². The highest BCUT2D eigenvalue weighted by Gasteiger charge is 2.23. The average molecular weight is 486 g/mol. The Balaban J connectivity index is 2.08. The summed E-state index contributed by atoms with van der Waals surface area (Å²) in [5.74, 6) is 0.820. The smallest absolute Gasteiger partial charge is 0.217 e. The van der Waals surface area contributed by atoms with Crippen molar-refractivity contribution in [3.05, 3.63) is 51.5 Å². The van der Waals surface area contributed by atoms with Crippen LogP contribution in [-0.4, -0.2) is 38.5 Å². The molecule has 0 fully saturated rings. The number of pyridine rings is 2. The van der Waals surface area contributed by atoms with Gasteiger partial charge in [-0.2, -0.15) is 5.26 Å². The Labute approximate surface area is 205 Å². The van der Waals surface area contributed by atoms with Crippen LogP contribution in [0, 0.1) is 18.4 Å². The molecule has 0 amide bonds. The number of hydrogen-bond acceptors (Lipinski definition) is 4. The molecular weight excluding hydrogens is 457 g/mol. The quantitative estimate of drug-likeness (QED) is 0.195. The van der Waals surface area contributed by atoms with Crippen LogP contribution in [0.5, 0.6) is 0 Å². The number of rotatable bonds is 5. The molecule has 0 aliphatic rings. The van der Waals surface area contributed by atoms with Crippen molar-refractivity contribution < 1.29 is 0 Å². The number of nitriles is 1. The lowest BCUT2D eigenvalue weighted by atomic mass is 9.98. The normalized spacial score (nSPS) is 12.0. The lowest BCUT2D eigenvalue weighted by molar-refractivity contribution is 0.334. The third-order valence-electron chi connectivity index (χ3n) is 5.62. The van der Waals surface area contributed by atoms with Crippen molar-refractivity contribution >= 4 is 45.9 Å². The minimum Gasteiger partial charge on any atom is -0.335 e. The first-order valence-electron chi connectivity index (χ1n) is 10.8. The molecule has 0 aliphatic carbocycles. The van der Waals surface area contributed by atoms with E-state index in [4.69, 9.17) is 28.2 Å². The largest absolute Gasteiger partial charge is 0.335 e. The number of fused-ring (bicyclic) bond motifs is 1. The fourth-order valence-corrected chi connectivity index (χ4v) is 4.46. The summed E-state index contributed by atoms with van der Waals surface area (Å²) >= 11 is 12.2. The standard InChI is InChI=1S/C24H29Cl2N7/c1-14(2)19-8-17(29-23-22(19)16(5)11-31(23)6)12-33(15(3)4)24(28-13-27)32(7)18-9-20(25)30-21(26)10-18/h8-11,14-15H,12H2,1-7H3. The van der Waals surface area contributed by atoms with E-state index in [0.717, 1.165) is 11.3 Å². The summed E-state index contributed by atoms with van der Waals surface area (Å²) in [5, 5.41) is 11.2. The van der Waals surface area contributed by atoms with Crippen LogP contribution < -0.4 is 4.90 Å². The van der Waals surface area contributed by atoms with Crippen molar-refractivity contribution in [2.75, 3.05) is 11.9 Å². The van der Waals surface area contributed by atoms with E-state index in [1.54, 1.807) is 17.0 Å². The number of halogens is 2. The minimum absolute atomic E-state index is 0.0440. The second kappa shape index (κ2) is 9.98. The van der Waals surface area contributed by atoms with Gasteiger partial charge >= 0.3 is 0 Å². The molecule has 0 aromatic carbocycles. The van der Waals surface area contributed by atoms with Crippen LogP contribution in [0.25, 0.3) is 11.0 Å². The number of aryl methyl sites for hydroxylation is 2. The van der Waals surface area contributed by atoms with E-state index in [9.17, 15) is 5.26 Å². The second-order valence-electron chi connectivity index (χ2n) is 8.74. The highest BCUT2D eigenvalue weighted by atomic mass is 35.5. The molecule has 0 saturated heterocycles. The summed E-state index contributed by atoms with van der Waals surface area (Å²) in [5.41, 5.74) is 5.03. The highest BCUT2D eigenvalue weighted by Crippen LogP contribution is 2.30. The molecule has 0 bridgehead atoms. The van der Waals surface area contributed by atoms with Gasteiger partial charge in [-0.05, 0) is 56.0 Å². The average Bonchev–Trinajstić information content (AvgIpc) is 3.02. The maximum absolute atomic E-state index is 9.46. The Bertz CT molecular complexity index is 1220. The van der Waals surface area contributed by atoms with E-state index in [1.165, 1.54) is 16.5 Å². The van der Waals surface area contributed by atoms with Crippen LogP contribution in [0.4, 0.5) is 5.69 Å². The Morgan fingerprint density at radius 2 is 1.79 bits per heavy atom. The maximum Gasteiger partial charge on any atom is 0.217 e. The van der Waals surface area contributed by atoms with Gasteiger partial charge in [0.1, 0.15) is 16.0 Å². The van der Waals surface area contributed by atoms with E-state index in [1.807, 2.05) is 25.2 Å². The minimum atomic E-state index is 0.0440. The first-order chi connectivity index (χ1) is 15.5. The van der Waals surface area contributed by atoms with E-state index >= 15 is 0 Å². The maximum atomic E-state index is 9.46. The molecule has 0 spiro atoms. The molecular formula is C24H29Cl2N7. The topological polar surface area (TPSA) is 73.3 Å². The molecule has 0 radical (unpaired) electrons. The molecule has 33 heavy (non-hydrogen) atoms. The summed E-state index contributed by atoms with van der Waals surface area (Å²) in [6, 6.07) is 5.58. The number of nitrogens with zero attached hydrogens (tertiary/aromatic N) is 7. The van der Waals surface area contributed by atoms with Gasteiger partial charge in [0.25, 0.3) is 0 Å². The third kappa shape index (κ3) is 5.23. The van der Waals surface area contributed by atoms with Crippen molar-refractivity contribution in [2.45, 2.75) is 53.1 Å². The zero-order chi connectivity index (χ0) is 24.4. The summed E-state index contributed by atoms with van der Waals surface area (Å²) < 4.78 is 2.07. The SMILES string of the molecule is Cc1cn(C)c2nc(CN(C(=NC#N)N(C)c3cc(Cl)nc(Cl)c3)C(C)C)cc(C(C)C)c12. The predicted molar refractivity (Wildman–Crippen MR) is 136 cm³/mol. The van der Waals surface area contributed by atoms with Crippen LogP contribution in [0.15, 0.2) is 29.4 Å². The molecule has 9 heteroatoms. The van der Waals surface area contributed by atoms with E-state index in [2.05, 4.69) is 61.4 Å². The summed E-state index contributed by atoms with van der Waals surface area (Å²) in [6.07, 6.45) is 4.05. The first-order valence-corrected chi connectivity index (χ1v) is 11.5. The van der Waals surface area contributed by atoms with E-state index < -0.39 is 0 Å².